The van der Waals surface area contributed by atoms with E-state index in [9.17, 15) is 4.79 Å². The fourth-order valence-electron chi connectivity index (χ4n) is 3.46. The highest BCUT2D eigenvalue weighted by Gasteiger charge is 2.37. The Morgan fingerprint density at radius 3 is 2.52 bits per heavy atom. The molecule has 1 saturated carbocycles. The predicted octanol–water partition coefficient (Wildman–Crippen LogP) is 3.67. The monoisotopic (exact) mass is 357 g/mol. The lowest BCUT2D eigenvalue weighted by Gasteiger charge is -2.31. The Hall–Kier alpha value is -3.39. The molecule has 2 aliphatic carbocycles. The maximum Gasteiger partial charge on any atom is 0.277 e. The van der Waals surface area contributed by atoms with Crippen molar-refractivity contribution in [2.45, 2.75) is 12.8 Å². The summed E-state index contributed by atoms with van der Waals surface area (Å²) in [5.41, 5.74) is 6.34. The van der Waals surface area contributed by atoms with Gasteiger partial charge < -0.3 is 4.74 Å². The first kappa shape index (κ1) is 17.0. The van der Waals surface area contributed by atoms with Gasteiger partial charge in [-0.2, -0.15) is 10.4 Å². The molecular formula is C22H19N3O2. The minimum absolute atomic E-state index is 0.0701. The molecule has 0 spiro atoms. The normalized spacial score (nSPS) is 21.2. The molecule has 5 heteroatoms. The zero-order chi connectivity index (χ0) is 18.6. The van der Waals surface area contributed by atoms with Crippen LogP contribution < -0.4 is 10.2 Å². The predicted molar refractivity (Wildman–Crippen MR) is 103 cm³/mol. The number of rotatable bonds is 5. The molecule has 27 heavy (non-hydrogen) atoms. The number of hydrogen-bond donors (Lipinski definition) is 1. The van der Waals surface area contributed by atoms with E-state index in [-0.39, 0.29) is 12.5 Å². The summed E-state index contributed by atoms with van der Waals surface area (Å²) in [5, 5.41) is 13.1. The molecule has 4 rings (SSSR count). The van der Waals surface area contributed by atoms with E-state index in [4.69, 9.17) is 10.00 Å². The third-order valence-electron chi connectivity index (χ3n) is 5.06. The van der Waals surface area contributed by atoms with E-state index in [1.165, 1.54) is 0 Å². The molecule has 1 fully saturated rings. The summed E-state index contributed by atoms with van der Waals surface area (Å²) < 4.78 is 5.53. The first-order valence-electron chi connectivity index (χ1n) is 8.98. The lowest BCUT2D eigenvalue weighted by molar-refractivity contribution is -0.123. The van der Waals surface area contributed by atoms with Gasteiger partial charge in [0, 0.05) is 11.6 Å². The number of nitriles is 1. The smallest absolute Gasteiger partial charge is 0.277 e. The second-order valence-electron chi connectivity index (χ2n) is 6.78. The van der Waals surface area contributed by atoms with Gasteiger partial charge in [0.25, 0.3) is 5.91 Å². The summed E-state index contributed by atoms with van der Waals surface area (Å²) in [6.45, 7) is -0.0701. The maximum absolute atomic E-state index is 11.9. The maximum atomic E-state index is 11.9. The molecule has 5 nitrogen and oxygen atoms in total. The number of amides is 1. The van der Waals surface area contributed by atoms with Gasteiger partial charge in [0.2, 0.25) is 0 Å². The first-order valence-corrected chi connectivity index (χ1v) is 8.98. The molecule has 0 bridgehead atoms. The van der Waals surface area contributed by atoms with Crippen molar-refractivity contribution in [3.8, 4) is 22.9 Å². The summed E-state index contributed by atoms with van der Waals surface area (Å²) in [6.07, 6.45) is 6.39. The molecule has 2 atom stereocenters. The first-order chi connectivity index (χ1) is 13.2. The van der Waals surface area contributed by atoms with Crippen molar-refractivity contribution in [1.82, 2.24) is 5.43 Å². The SMILES string of the molecule is N#Cc1ccc(-c2ccc(OCC(=O)N/N=C3\C[C@@H]4C=CC[C@@H]34)cc2)cc1. The highest BCUT2D eigenvalue weighted by molar-refractivity contribution is 5.94. The van der Waals surface area contributed by atoms with E-state index in [2.05, 4.69) is 28.7 Å². The van der Waals surface area contributed by atoms with Crippen LogP contribution in [0.5, 0.6) is 5.75 Å². The minimum atomic E-state index is -0.256. The van der Waals surface area contributed by atoms with Gasteiger partial charge in [0.05, 0.1) is 11.6 Å². The summed E-state index contributed by atoms with van der Waals surface area (Å²) in [5.74, 6) is 1.47. The number of hydrogen-bond acceptors (Lipinski definition) is 4. The van der Waals surface area contributed by atoms with Crippen LogP contribution in [0.25, 0.3) is 11.1 Å². The van der Waals surface area contributed by atoms with E-state index in [0.717, 1.165) is 29.7 Å². The lowest BCUT2D eigenvalue weighted by Crippen LogP contribution is -2.36. The van der Waals surface area contributed by atoms with Crippen molar-refractivity contribution in [2.24, 2.45) is 16.9 Å². The van der Waals surface area contributed by atoms with Gasteiger partial charge >= 0.3 is 0 Å². The second kappa shape index (κ2) is 7.46. The van der Waals surface area contributed by atoms with E-state index in [1.807, 2.05) is 36.4 Å². The number of nitrogens with one attached hydrogen (secondary N) is 1. The topological polar surface area (TPSA) is 74.5 Å². The van der Waals surface area contributed by atoms with Crippen LogP contribution in [0.1, 0.15) is 18.4 Å². The Kier molecular flexibility index (Phi) is 4.71. The van der Waals surface area contributed by atoms with E-state index < -0.39 is 0 Å². The zero-order valence-electron chi connectivity index (χ0n) is 14.8. The standard InChI is InChI=1S/C22H19N3O2/c23-13-15-4-6-16(7-5-15)17-8-10-19(11-9-17)27-14-22(26)25-24-21-12-18-2-1-3-20(18)21/h1-2,4-11,18,20H,3,12,14H2,(H,25,26)/b24-21+/t18-,20+/m0/s1. The second-order valence-corrected chi connectivity index (χ2v) is 6.78. The Morgan fingerprint density at radius 1 is 1.15 bits per heavy atom. The molecule has 0 unspecified atom stereocenters. The number of allylic oxidation sites excluding steroid dienone is 2. The molecule has 0 aliphatic heterocycles. The highest BCUT2D eigenvalue weighted by Crippen LogP contribution is 2.40. The largest absolute Gasteiger partial charge is 0.484 e. The van der Waals surface area contributed by atoms with Crippen LogP contribution in [0, 0.1) is 23.2 Å². The molecule has 0 heterocycles. The molecule has 0 saturated heterocycles. The van der Waals surface area contributed by atoms with Crippen molar-refractivity contribution in [3.63, 3.8) is 0 Å². The number of carbonyl (C=O) groups excluding carboxylic acids is 1. The number of fused-ring (bicyclic) bond motifs is 1. The molecule has 0 radical (unpaired) electrons. The average Bonchev–Trinajstić information content (AvgIpc) is 3.08. The third-order valence-corrected chi connectivity index (χ3v) is 5.06. The number of nitrogens with zero attached hydrogens (tertiary/aromatic N) is 2. The fraction of sp³-hybridized carbons (Fsp3) is 0.227. The van der Waals surface area contributed by atoms with Gasteiger partial charge in [0.1, 0.15) is 5.75 Å². The van der Waals surface area contributed by atoms with Gasteiger partial charge in [-0.25, -0.2) is 5.43 Å². The van der Waals surface area contributed by atoms with Crippen LogP contribution in [-0.4, -0.2) is 18.2 Å². The van der Waals surface area contributed by atoms with Crippen LogP contribution in [-0.2, 0) is 4.79 Å². The molecule has 2 aromatic carbocycles. The molecule has 134 valence electrons. The van der Waals surface area contributed by atoms with E-state index in [1.54, 1.807) is 12.1 Å². The number of ether oxygens (including phenoxy) is 1. The van der Waals surface area contributed by atoms with E-state index >= 15 is 0 Å². The van der Waals surface area contributed by atoms with Crippen LogP contribution in [0.15, 0.2) is 65.8 Å². The fourth-order valence-corrected chi connectivity index (χ4v) is 3.46. The Bertz CT molecular complexity index is 937. The molecule has 0 aromatic heterocycles. The van der Waals surface area contributed by atoms with E-state index in [0.29, 0.717) is 23.1 Å². The Morgan fingerprint density at radius 2 is 1.85 bits per heavy atom. The van der Waals surface area contributed by atoms with Crippen molar-refractivity contribution < 1.29 is 9.53 Å². The van der Waals surface area contributed by atoms with Crippen LogP contribution in [0.4, 0.5) is 0 Å². The summed E-state index contributed by atoms with van der Waals surface area (Å²) in [7, 11) is 0. The quantitative estimate of drug-likeness (QED) is 0.655. The van der Waals surface area contributed by atoms with Crippen LogP contribution in [0.3, 0.4) is 0 Å². The van der Waals surface area contributed by atoms with Gasteiger partial charge in [0.15, 0.2) is 6.61 Å². The Labute approximate surface area is 158 Å². The van der Waals surface area contributed by atoms with Crippen LogP contribution in [0.2, 0.25) is 0 Å². The molecule has 1 N–H and O–H groups in total. The van der Waals surface area contributed by atoms with Crippen molar-refractivity contribution in [1.29, 1.82) is 5.26 Å². The summed E-state index contributed by atoms with van der Waals surface area (Å²) in [6, 6.07) is 17.0. The minimum Gasteiger partial charge on any atom is -0.484 e. The molecule has 2 aliphatic rings. The summed E-state index contributed by atoms with van der Waals surface area (Å²) in [4.78, 5) is 11.9. The van der Waals surface area contributed by atoms with Crippen LogP contribution >= 0.6 is 0 Å². The summed E-state index contributed by atoms with van der Waals surface area (Å²) >= 11 is 0. The third kappa shape index (κ3) is 3.75. The molecule has 1 amide bonds. The van der Waals surface area contributed by atoms with Crippen molar-refractivity contribution in [3.05, 3.63) is 66.2 Å². The van der Waals surface area contributed by atoms with Gasteiger partial charge in [-0.05, 0) is 54.2 Å². The molecular weight excluding hydrogens is 338 g/mol. The zero-order valence-corrected chi connectivity index (χ0v) is 14.8. The average molecular weight is 357 g/mol. The van der Waals surface area contributed by atoms with Gasteiger partial charge in [-0.1, -0.05) is 36.4 Å². The molecule has 2 aromatic rings. The Balaban J connectivity index is 1.27. The van der Waals surface area contributed by atoms with Crippen molar-refractivity contribution >= 4 is 11.6 Å². The number of hydrazone groups is 1. The highest BCUT2D eigenvalue weighted by atomic mass is 16.5. The number of benzene rings is 2. The number of carbonyl (C=O) groups is 1. The van der Waals surface area contributed by atoms with Gasteiger partial charge in [-0.15, -0.1) is 0 Å². The lowest BCUT2D eigenvalue weighted by atomic mass is 9.74. The van der Waals surface area contributed by atoms with Crippen molar-refractivity contribution in [2.75, 3.05) is 6.61 Å². The van der Waals surface area contributed by atoms with Gasteiger partial charge in [-0.3, -0.25) is 4.79 Å².